The van der Waals surface area contributed by atoms with Gasteiger partial charge in [0.05, 0.1) is 19.1 Å². The Hall–Kier alpha value is -3.09. The molecule has 124 valence electrons. The zero-order valence-corrected chi connectivity index (χ0v) is 13.6. The molecule has 7 heteroatoms. The van der Waals surface area contributed by atoms with Crippen molar-refractivity contribution in [3.8, 4) is 11.5 Å². The van der Waals surface area contributed by atoms with E-state index in [1.54, 1.807) is 13.2 Å². The Morgan fingerprint density at radius 1 is 1.12 bits per heavy atom. The average molecular weight is 325 g/mol. The van der Waals surface area contributed by atoms with Crippen molar-refractivity contribution in [1.29, 1.82) is 0 Å². The van der Waals surface area contributed by atoms with E-state index in [1.807, 2.05) is 31.2 Å². The Labute approximate surface area is 139 Å². The number of nitrogens with zero attached hydrogens (tertiary/aromatic N) is 3. The lowest BCUT2D eigenvalue weighted by Gasteiger charge is -2.12. The van der Waals surface area contributed by atoms with Crippen molar-refractivity contribution in [2.24, 2.45) is 0 Å². The van der Waals surface area contributed by atoms with Crippen LogP contribution in [0.1, 0.15) is 12.5 Å². The molecule has 0 aliphatic rings. The van der Waals surface area contributed by atoms with Gasteiger partial charge in [-0.15, -0.1) is 0 Å². The molecule has 3 N–H and O–H groups in total. The molecule has 1 aromatic carbocycles. The van der Waals surface area contributed by atoms with Crippen LogP contribution in [0.3, 0.4) is 0 Å². The minimum Gasteiger partial charge on any atom is -0.493 e. The van der Waals surface area contributed by atoms with Gasteiger partial charge in [-0.1, -0.05) is 6.07 Å². The topological polar surface area (TPSA) is 95.2 Å². The highest BCUT2D eigenvalue weighted by atomic mass is 16.5. The standard InChI is InChI=1S/C17H19N5O2/c1-3-24-13-6-4-11(8-14(13)23-2)9-19-16-12-5-7-15(18)22-17(12)21-10-20-16/h4-8,10H,3,9H2,1-2H3,(H3,18,19,20,21,22). The molecule has 0 radical (unpaired) electrons. The summed E-state index contributed by atoms with van der Waals surface area (Å²) < 4.78 is 10.9. The van der Waals surface area contributed by atoms with Crippen LogP contribution in [-0.2, 0) is 6.54 Å². The molecule has 0 unspecified atom stereocenters. The zero-order chi connectivity index (χ0) is 16.9. The number of fused-ring (bicyclic) bond motifs is 1. The molecule has 0 amide bonds. The van der Waals surface area contributed by atoms with Crippen LogP contribution < -0.4 is 20.5 Å². The first-order valence-electron chi connectivity index (χ1n) is 7.62. The van der Waals surface area contributed by atoms with Crippen LogP contribution in [0.15, 0.2) is 36.7 Å². The zero-order valence-electron chi connectivity index (χ0n) is 13.6. The van der Waals surface area contributed by atoms with E-state index in [1.165, 1.54) is 6.33 Å². The van der Waals surface area contributed by atoms with Crippen molar-refractivity contribution < 1.29 is 9.47 Å². The largest absolute Gasteiger partial charge is 0.493 e. The number of aromatic nitrogens is 3. The summed E-state index contributed by atoms with van der Waals surface area (Å²) in [5, 5.41) is 4.12. The lowest BCUT2D eigenvalue weighted by Crippen LogP contribution is -2.04. The predicted molar refractivity (Wildman–Crippen MR) is 93.2 cm³/mol. The summed E-state index contributed by atoms with van der Waals surface area (Å²) in [6, 6.07) is 9.42. The van der Waals surface area contributed by atoms with Crippen molar-refractivity contribution in [2.75, 3.05) is 24.8 Å². The first kappa shape index (κ1) is 15.8. The predicted octanol–water partition coefficient (Wildman–Crippen LogP) is 2.63. The highest BCUT2D eigenvalue weighted by Crippen LogP contribution is 2.28. The second-order valence-electron chi connectivity index (χ2n) is 5.10. The number of ether oxygens (including phenoxy) is 2. The number of nitrogen functional groups attached to an aromatic ring is 1. The Bertz CT molecular complexity index is 854. The van der Waals surface area contributed by atoms with Crippen molar-refractivity contribution in [1.82, 2.24) is 15.0 Å². The molecule has 0 fully saturated rings. The van der Waals surface area contributed by atoms with Gasteiger partial charge < -0.3 is 20.5 Å². The third kappa shape index (κ3) is 3.29. The van der Waals surface area contributed by atoms with E-state index < -0.39 is 0 Å². The van der Waals surface area contributed by atoms with E-state index in [0.29, 0.717) is 36.2 Å². The van der Waals surface area contributed by atoms with Crippen molar-refractivity contribution in [3.05, 3.63) is 42.2 Å². The molecule has 2 aromatic heterocycles. The van der Waals surface area contributed by atoms with Gasteiger partial charge in [0.25, 0.3) is 0 Å². The second kappa shape index (κ2) is 6.99. The number of anilines is 2. The molecular weight excluding hydrogens is 306 g/mol. The molecule has 2 heterocycles. The number of rotatable bonds is 6. The first-order chi connectivity index (χ1) is 11.7. The van der Waals surface area contributed by atoms with E-state index in [9.17, 15) is 0 Å². The number of hydrogen-bond acceptors (Lipinski definition) is 7. The summed E-state index contributed by atoms with van der Waals surface area (Å²) in [6.45, 7) is 3.12. The Morgan fingerprint density at radius 2 is 2.00 bits per heavy atom. The minimum atomic E-state index is 0.434. The van der Waals surface area contributed by atoms with E-state index >= 15 is 0 Å². The summed E-state index contributed by atoms with van der Waals surface area (Å²) in [6.07, 6.45) is 1.47. The van der Waals surface area contributed by atoms with Gasteiger partial charge in [-0.05, 0) is 36.8 Å². The molecular formula is C17H19N5O2. The van der Waals surface area contributed by atoms with Gasteiger partial charge in [-0.25, -0.2) is 15.0 Å². The normalized spacial score (nSPS) is 10.6. The van der Waals surface area contributed by atoms with Gasteiger partial charge in [0.1, 0.15) is 18.0 Å². The van der Waals surface area contributed by atoms with Gasteiger partial charge >= 0.3 is 0 Å². The maximum atomic E-state index is 5.69. The number of pyridine rings is 1. The van der Waals surface area contributed by atoms with E-state index in [4.69, 9.17) is 15.2 Å². The Kier molecular flexibility index (Phi) is 4.60. The van der Waals surface area contributed by atoms with Crippen LogP contribution in [0, 0.1) is 0 Å². The summed E-state index contributed by atoms with van der Waals surface area (Å²) >= 11 is 0. The smallest absolute Gasteiger partial charge is 0.166 e. The maximum absolute atomic E-state index is 5.69. The van der Waals surface area contributed by atoms with Crippen molar-refractivity contribution in [3.63, 3.8) is 0 Å². The molecule has 0 spiro atoms. The molecule has 24 heavy (non-hydrogen) atoms. The minimum absolute atomic E-state index is 0.434. The first-order valence-corrected chi connectivity index (χ1v) is 7.62. The van der Waals surface area contributed by atoms with Gasteiger partial charge in [0.15, 0.2) is 17.1 Å². The molecule has 0 bridgehead atoms. The van der Waals surface area contributed by atoms with E-state index in [-0.39, 0.29) is 0 Å². The monoisotopic (exact) mass is 325 g/mol. The fourth-order valence-corrected chi connectivity index (χ4v) is 2.38. The van der Waals surface area contributed by atoms with Crippen LogP contribution >= 0.6 is 0 Å². The number of methoxy groups -OCH3 is 1. The molecule has 0 aliphatic carbocycles. The van der Waals surface area contributed by atoms with Gasteiger partial charge in [-0.2, -0.15) is 0 Å². The number of benzene rings is 1. The molecule has 0 saturated heterocycles. The summed E-state index contributed by atoms with van der Waals surface area (Å²) in [4.78, 5) is 12.6. The lowest BCUT2D eigenvalue weighted by atomic mass is 10.2. The highest BCUT2D eigenvalue weighted by Gasteiger charge is 2.08. The Balaban J connectivity index is 1.81. The van der Waals surface area contributed by atoms with Crippen LogP contribution in [0.4, 0.5) is 11.6 Å². The van der Waals surface area contributed by atoms with Crippen LogP contribution in [0.25, 0.3) is 11.0 Å². The summed E-state index contributed by atoms with van der Waals surface area (Å²) in [5.74, 6) is 2.58. The number of nitrogens with two attached hydrogens (primary N) is 1. The number of hydrogen-bond donors (Lipinski definition) is 2. The number of nitrogens with one attached hydrogen (secondary N) is 1. The fourth-order valence-electron chi connectivity index (χ4n) is 2.38. The Morgan fingerprint density at radius 3 is 2.79 bits per heavy atom. The quantitative estimate of drug-likeness (QED) is 0.719. The molecule has 7 nitrogen and oxygen atoms in total. The maximum Gasteiger partial charge on any atom is 0.166 e. The van der Waals surface area contributed by atoms with E-state index in [2.05, 4.69) is 20.3 Å². The van der Waals surface area contributed by atoms with Crippen LogP contribution in [0.5, 0.6) is 11.5 Å². The molecule has 0 aliphatic heterocycles. The average Bonchev–Trinajstić information content (AvgIpc) is 2.60. The molecule has 0 atom stereocenters. The fraction of sp³-hybridized carbons (Fsp3) is 0.235. The highest BCUT2D eigenvalue weighted by molar-refractivity contribution is 5.87. The van der Waals surface area contributed by atoms with Gasteiger partial charge in [0, 0.05) is 6.54 Å². The summed E-state index contributed by atoms with van der Waals surface area (Å²) in [5.41, 5.74) is 7.31. The molecule has 3 rings (SSSR count). The van der Waals surface area contributed by atoms with Crippen molar-refractivity contribution >= 4 is 22.7 Å². The SMILES string of the molecule is CCOc1ccc(CNc2ncnc3nc(N)ccc23)cc1OC. The van der Waals surface area contributed by atoms with Gasteiger partial charge in [-0.3, -0.25) is 0 Å². The van der Waals surface area contributed by atoms with Crippen LogP contribution in [-0.4, -0.2) is 28.7 Å². The molecule has 3 aromatic rings. The third-order valence-corrected chi connectivity index (χ3v) is 3.51. The van der Waals surface area contributed by atoms with Crippen molar-refractivity contribution in [2.45, 2.75) is 13.5 Å². The van der Waals surface area contributed by atoms with E-state index in [0.717, 1.165) is 16.7 Å². The van der Waals surface area contributed by atoms with Crippen LogP contribution in [0.2, 0.25) is 0 Å². The summed E-state index contributed by atoms with van der Waals surface area (Å²) in [7, 11) is 1.63. The lowest BCUT2D eigenvalue weighted by molar-refractivity contribution is 0.310. The second-order valence-corrected chi connectivity index (χ2v) is 5.10. The molecule has 0 saturated carbocycles. The third-order valence-electron chi connectivity index (χ3n) is 3.51. The van der Waals surface area contributed by atoms with Gasteiger partial charge in [0.2, 0.25) is 0 Å².